The van der Waals surface area contributed by atoms with Crippen LogP contribution in [0.5, 0.6) is 0 Å². The molecule has 1 fully saturated rings. The first-order chi connectivity index (χ1) is 8.32. The first kappa shape index (κ1) is 13.0. The van der Waals surface area contributed by atoms with Crippen molar-refractivity contribution in [3.63, 3.8) is 0 Å². The van der Waals surface area contributed by atoms with E-state index in [1.165, 1.54) is 4.31 Å². The molecular weight excluding hydrogens is 252 g/mol. The number of benzene rings is 1. The fourth-order valence-electron chi connectivity index (χ4n) is 1.94. The molecule has 0 aromatic heterocycles. The van der Waals surface area contributed by atoms with Crippen LogP contribution in [0.3, 0.4) is 0 Å². The molecule has 18 heavy (non-hydrogen) atoms. The van der Waals surface area contributed by atoms with Crippen molar-refractivity contribution >= 4 is 10.0 Å². The zero-order chi connectivity index (χ0) is 13.4. The van der Waals surface area contributed by atoms with E-state index in [9.17, 15) is 13.5 Å². The molecule has 1 aliphatic heterocycles. The SMILES string of the molecule is CC1(O)CN(S(=O)(=O)Cc2cccc(C#N)c2)C1. The molecule has 0 bridgehead atoms. The van der Waals surface area contributed by atoms with Crippen LogP contribution in [0.15, 0.2) is 24.3 Å². The monoisotopic (exact) mass is 266 g/mol. The number of rotatable bonds is 3. The topological polar surface area (TPSA) is 81.4 Å². The second-order valence-corrected chi connectivity index (χ2v) is 6.80. The van der Waals surface area contributed by atoms with Crippen LogP contribution >= 0.6 is 0 Å². The van der Waals surface area contributed by atoms with E-state index in [-0.39, 0.29) is 18.8 Å². The molecule has 1 aliphatic rings. The third-order valence-corrected chi connectivity index (χ3v) is 4.58. The summed E-state index contributed by atoms with van der Waals surface area (Å²) < 4.78 is 25.3. The molecule has 1 aromatic carbocycles. The maximum atomic E-state index is 12.0. The van der Waals surface area contributed by atoms with Gasteiger partial charge in [-0.15, -0.1) is 0 Å². The Morgan fingerprint density at radius 1 is 1.50 bits per heavy atom. The van der Waals surface area contributed by atoms with Gasteiger partial charge in [-0.25, -0.2) is 8.42 Å². The van der Waals surface area contributed by atoms with Gasteiger partial charge in [0.15, 0.2) is 0 Å². The van der Waals surface area contributed by atoms with Gasteiger partial charge in [-0.2, -0.15) is 9.57 Å². The van der Waals surface area contributed by atoms with Gasteiger partial charge in [-0.3, -0.25) is 0 Å². The Labute approximate surface area is 106 Å². The smallest absolute Gasteiger partial charge is 0.218 e. The van der Waals surface area contributed by atoms with Gasteiger partial charge >= 0.3 is 0 Å². The van der Waals surface area contributed by atoms with Crippen molar-refractivity contribution in [2.75, 3.05) is 13.1 Å². The molecule has 5 nitrogen and oxygen atoms in total. The summed E-state index contributed by atoms with van der Waals surface area (Å²) in [6.45, 7) is 1.87. The van der Waals surface area contributed by atoms with Gasteiger partial charge in [-0.05, 0) is 24.6 Å². The van der Waals surface area contributed by atoms with Gasteiger partial charge in [0, 0.05) is 13.1 Å². The molecule has 96 valence electrons. The summed E-state index contributed by atoms with van der Waals surface area (Å²) in [6.07, 6.45) is 0. The maximum Gasteiger partial charge on any atom is 0.218 e. The quantitative estimate of drug-likeness (QED) is 0.861. The summed E-state index contributed by atoms with van der Waals surface area (Å²) in [4.78, 5) is 0. The molecule has 1 heterocycles. The van der Waals surface area contributed by atoms with Gasteiger partial charge in [0.05, 0.1) is 23.0 Å². The Kier molecular flexibility index (Phi) is 3.15. The van der Waals surface area contributed by atoms with Crippen LogP contribution in [-0.4, -0.2) is 36.5 Å². The van der Waals surface area contributed by atoms with E-state index in [0.717, 1.165) is 0 Å². The minimum absolute atomic E-state index is 0.132. The maximum absolute atomic E-state index is 12.0. The van der Waals surface area contributed by atoms with Crippen LogP contribution in [0.2, 0.25) is 0 Å². The number of hydrogen-bond donors (Lipinski definition) is 1. The third kappa shape index (κ3) is 2.70. The molecule has 0 radical (unpaired) electrons. The van der Waals surface area contributed by atoms with Crippen LogP contribution in [0, 0.1) is 11.3 Å². The van der Waals surface area contributed by atoms with E-state index < -0.39 is 15.6 Å². The molecule has 2 rings (SSSR count). The lowest BCUT2D eigenvalue weighted by atomic mass is 10.0. The van der Waals surface area contributed by atoms with Crippen LogP contribution in [0.25, 0.3) is 0 Å². The highest BCUT2D eigenvalue weighted by atomic mass is 32.2. The Morgan fingerprint density at radius 3 is 2.72 bits per heavy atom. The van der Waals surface area contributed by atoms with Crippen molar-refractivity contribution in [3.05, 3.63) is 35.4 Å². The van der Waals surface area contributed by atoms with Crippen molar-refractivity contribution < 1.29 is 13.5 Å². The second-order valence-electron chi connectivity index (χ2n) is 4.83. The molecular formula is C12H14N2O3S. The second kappa shape index (κ2) is 4.35. The molecule has 0 atom stereocenters. The highest BCUT2D eigenvalue weighted by Crippen LogP contribution is 2.25. The van der Waals surface area contributed by atoms with Crippen LogP contribution in [-0.2, 0) is 15.8 Å². The largest absolute Gasteiger partial charge is 0.387 e. The standard InChI is InChI=1S/C12H14N2O3S/c1-12(15)8-14(9-12)18(16,17)7-11-4-2-3-10(5-11)6-13/h2-5,15H,7-9H2,1H3. The average Bonchev–Trinajstić information content (AvgIpc) is 2.25. The zero-order valence-corrected chi connectivity index (χ0v) is 10.8. The minimum atomic E-state index is -3.41. The van der Waals surface area contributed by atoms with Crippen LogP contribution in [0.1, 0.15) is 18.1 Å². The molecule has 1 aromatic rings. The van der Waals surface area contributed by atoms with E-state index >= 15 is 0 Å². The van der Waals surface area contributed by atoms with Crippen molar-refractivity contribution in [1.82, 2.24) is 4.31 Å². The predicted octanol–water partition coefficient (Wildman–Crippen LogP) is 0.455. The normalized spacial score (nSPS) is 18.9. The van der Waals surface area contributed by atoms with Crippen molar-refractivity contribution in [3.8, 4) is 6.07 Å². The molecule has 6 heteroatoms. The highest BCUT2D eigenvalue weighted by molar-refractivity contribution is 7.88. The van der Waals surface area contributed by atoms with Crippen molar-refractivity contribution in [1.29, 1.82) is 5.26 Å². The van der Waals surface area contributed by atoms with Gasteiger partial charge in [0.25, 0.3) is 0 Å². The summed E-state index contributed by atoms with van der Waals surface area (Å²) in [5.41, 5.74) is 0.112. The van der Waals surface area contributed by atoms with Crippen LogP contribution in [0.4, 0.5) is 0 Å². The molecule has 0 amide bonds. The van der Waals surface area contributed by atoms with E-state index in [1.807, 2.05) is 6.07 Å². The third-order valence-electron chi connectivity index (χ3n) is 2.83. The van der Waals surface area contributed by atoms with E-state index in [4.69, 9.17) is 5.26 Å². The van der Waals surface area contributed by atoms with Gasteiger partial charge in [0.1, 0.15) is 0 Å². The summed E-state index contributed by atoms with van der Waals surface area (Å²) in [5, 5.41) is 18.3. The first-order valence-corrected chi connectivity index (χ1v) is 7.13. The van der Waals surface area contributed by atoms with Crippen LogP contribution < -0.4 is 0 Å². The van der Waals surface area contributed by atoms with E-state index in [2.05, 4.69) is 0 Å². The summed E-state index contributed by atoms with van der Waals surface area (Å²) in [6, 6.07) is 8.51. The fourth-order valence-corrected chi connectivity index (χ4v) is 3.68. The number of aliphatic hydroxyl groups is 1. The molecule has 1 saturated heterocycles. The Balaban J connectivity index is 2.12. The first-order valence-electron chi connectivity index (χ1n) is 5.52. The molecule has 0 spiro atoms. The summed E-state index contributed by atoms with van der Waals surface area (Å²) in [7, 11) is -3.41. The van der Waals surface area contributed by atoms with Crippen molar-refractivity contribution in [2.45, 2.75) is 18.3 Å². The Bertz CT molecular complexity index is 594. The highest BCUT2D eigenvalue weighted by Gasteiger charge is 2.43. The number of hydrogen-bond acceptors (Lipinski definition) is 4. The Hall–Kier alpha value is -1.42. The molecule has 0 aliphatic carbocycles. The lowest BCUT2D eigenvalue weighted by Crippen LogP contribution is -2.61. The van der Waals surface area contributed by atoms with Gasteiger partial charge in [0.2, 0.25) is 10.0 Å². The zero-order valence-electron chi connectivity index (χ0n) is 10.00. The lowest BCUT2D eigenvalue weighted by Gasteiger charge is -2.42. The number of nitrogens with zero attached hydrogens (tertiary/aromatic N) is 2. The number of nitriles is 1. The summed E-state index contributed by atoms with van der Waals surface area (Å²) >= 11 is 0. The number of sulfonamides is 1. The lowest BCUT2D eigenvalue weighted by molar-refractivity contribution is -0.0427. The molecule has 0 saturated carbocycles. The molecule has 0 unspecified atom stereocenters. The summed E-state index contributed by atoms with van der Waals surface area (Å²) in [5.74, 6) is -0.140. The van der Waals surface area contributed by atoms with Crippen molar-refractivity contribution in [2.24, 2.45) is 0 Å². The predicted molar refractivity (Wildman–Crippen MR) is 66.0 cm³/mol. The number of β-amino-alcohol motifs (C(OH)–C–C–N with tert-alkyl or cyclic N) is 1. The van der Waals surface area contributed by atoms with E-state index in [0.29, 0.717) is 11.1 Å². The van der Waals surface area contributed by atoms with E-state index in [1.54, 1.807) is 31.2 Å². The van der Waals surface area contributed by atoms with Gasteiger partial charge < -0.3 is 5.11 Å². The Morgan fingerprint density at radius 2 is 2.17 bits per heavy atom. The average molecular weight is 266 g/mol. The minimum Gasteiger partial charge on any atom is -0.387 e. The van der Waals surface area contributed by atoms with Gasteiger partial charge in [-0.1, -0.05) is 12.1 Å². The molecule has 1 N–H and O–H groups in total. The fraction of sp³-hybridized carbons (Fsp3) is 0.417.